The first-order valence-corrected chi connectivity index (χ1v) is 11.0. The molecule has 11 nitrogen and oxygen atoms in total. The van der Waals surface area contributed by atoms with E-state index in [1.54, 1.807) is 6.92 Å². The number of nitrogens with one attached hydrogen (secondary N) is 3. The second kappa shape index (κ2) is 18.4. The third-order valence-corrected chi connectivity index (χ3v) is 4.38. The van der Waals surface area contributed by atoms with Gasteiger partial charge in [-0.2, -0.15) is 0 Å². The fourth-order valence-electron chi connectivity index (χ4n) is 2.79. The number of hydrogen-bond donors (Lipinski definition) is 6. The number of carbonyl (C=O) groups is 3. The number of amides is 2. The van der Waals surface area contributed by atoms with E-state index in [-0.39, 0.29) is 24.2 Å². The molecule has 1 unspecified atom stereocenters. The minimum Gasteiger partial charge on any atom is -0.462 e. The van der Waals surface area contributed by atoms with Gasteiger partial charge in [0.1, 0.15) is 12.1 Å². The molecule has 31 heavy (non-hydrogen) atoms. The fourth-order valence-corrected chi connectivity index (χ4v) is 2.79. The first-order valence-electron chi connectivity index (χ1n) is 11.0. The Hall–Kier alpha value is -2.40. The van der Waals surface area contributed by atoms with Crippen LogP contribution < -0.4 is 33.2 Å². The highest BCUT2D eigenvalue weighted by molar-refractivity contribution is 5.87. The molecule has 0 aliphatic carbocycles. The zero-order chi connectivity index (χ0) is 23.5. The lowest BCUT2D eigenvalue weighted by Crippen LogP contribution is -2.46. The number of nitrogens with zero attached hydrogens (tertiary/aromatic N) is 1. The van der Waals surface area contributed by atoms with Crippen molar-refractivity contribution in [1.82, 2.24) is 16.0 Å². The first kappa shape index (κ1) is 28.6. The Bertz CT molecular complexity index is 554. The molecule has 0 spiro atoms. The molecule has 0 heterocycles. The average Bonchev–Trinajstić information content (AvgIpc) is 2.68. The van der Waals surface area contributed by atoms with Crippen molar-refractivity contribution in [3.63, 3.8) is 0 Å². The summed E-state index contributed by atoms with van der Waals surface area (Å²) >= 11 is 0. The maximum absolute atomic E-state index is 12.3. The Morgan fingerprint density at radius 1 is 1.00 bits per heavy atom. The highest BCUT2D eigenvalue weighted by atomic mass is 16.5. The second-order valence-electron chi connectivity index (χ2n) is 7.42. The maximum Gasteiger partial charge on any atom is 0.302 e. The van der Waals surface area contributed by atoms with Gasteiger partial charge in [-0.05, 0) is 65.1 Å². The predicted octanol–water partition coefficient (Wildman–Crippen LogP) is -0.909. The van der Waals surface area contributed by atoms with Crippen LogP contribution in [0.2, 0.25) is 0 Å². The lowest BCUT2D eigenvalue weighted by molar-refractivity contribution is -0.148. The molecule has 9 N–H and O–H groups in total. The third kappa shape index (κ3) is 18.1. The molecule has 0 saturated carbocycles. The molecule has 0 fully saturated rings. The smallest absolute Gasteiger partial charge is 0.302 e. The summed E-state index contributed by atoms with van der Waals surface area (Å²) in [6, 6.07) is -0.671. The summed E-state index contributed by atoms with van der Waals surface area (Å²) in [4.78, 5) is 39.6. The summed E-state index contributed by atoms with van der Waals surface area (Å²) in [7, 11) is 0. The highest BCUT2D eigenvalue weighted by Crippen LogP contribution is 2.10. The molecular weight excluding hydrogens is 402 g/mol. The minimum absolute atomic E-state index is 0.00599. The highest BCUT2D eigenvalue weighted by Gasteiger charge is 2.20. The van der Waals surface area contributed by atoms with Crippen LogP contribution in [-0.2, 0) is 19.1 Å². The van der Waals surface area contributed by atoms with Gasteiger partial charge in [0, 0.05) is 20.0 Å². The summed E-state index contributed by atoms with van der Waals surface area (Å²) in [5, 5.41) is 8.75. The van der Waals surface area contributed by atoms with Gasteiger partial charge in [-0.15, -0.1) is 0 Å². The molecule has 0 bridgehead atoms. The van der Waals surface area contributed by atoms with Crippen LogP contribution in [0.1, 0.15) is 58.8 Å². The lowest BCUT2D eigenvalue weighted by Gasteiger charge is -2.19. The van der Waals surface area contributed by atoms with Gasteiger partial charge in [-0.25, -0.2) is 0 Å². The third-order valence-electron chi connectivity index (χ3n) is 4.38. The summed E-state index contributed by atoms with van der Waals surface area (Å²) in [5.41, 5.74) is 16.0. The molecule has 180 valence electrons. The molecule has 0 aromatic heterocycles. The summed E-state index contributed by atoms with van der Waals surface area (Å²) in [6.45, 7) is 6.40. The maximum atomic E-state index is 12.3. The van der Waals surface area contributed by atoms with Gasteiger partial charge in [0.25, 0.3) is 0 Å². The summed E-state index contributed by atoms with van der Waals surface area (Å²) < 4.78 is 5.22. The number of carbonyl (C=O) groups excluding carboxylic acids is 3. The van der Waals surface area contributed by atoms with Gasteiger partial charge < -0.3 is 37.9 Å². The van der Waals surface area contributed by atoms with Gasteiger partial charge >= 0.3 is 5.97 Å². The zero-order valence-corrected chi connectivity index (χ0v) is 19.0. The number of nitrogens with two attached hydrogens (primary N) is 3. The molecule has 0 radical (unpaired) electrons. The van der Waals surface area contributed by atoms with Gasteiger partial charge in [0.2, 0.25) is 11.8 Å². The van der Waals surface area contributed by atoms with E-state index >= 15 is 0 Å². The van der Waals surface area contributed by atoms with Crippen LogP contribution in [0.4, 0.5) is 0 Å². The van der Waals surface area contributed by atoms with Crippen LogP contribution in [0.5, 0.6) is 0 Å². The van der Waals surface area contributed by atoms with Crippen LogP contribution in [0.3, 0.4) is 0 Å². The van der Waals surface area contributed by atoms with E-state index in [9.17, 15) is 14.4 Å². The van der Waals surface area contributed by atoms with Crippen LogP contribution >= 0.6 is 0 Å². The summed E-state index contributed by atoms with van der Waals surface area (Å²) in [6.07, 6.45) is 4.08. The minimum atomic E-state index is -0.671. The van der Waals surface area contributed by atoms with E-state index in [4.69, 9.17) is 21.9 Å². The van der Waals surface area contributed by atoms with Crippen molar-refractivity contribution in [3.8, 4) is 0 Å². The molecule has 0 aliphatic rings. The monoisotopic (exact) mass is 443 g/mol. The number of guanidine groups is 1. The normalized spacial score (nSPS) is 12.5. The molecule has 2 atom stereocenters. The van der Waals surface area contributed by atoms with Crippen LogP contribution in [-0.4, -0.2) is 68.6 Å². The van der Waals surface area contributed by atoms with Gasteiger partial charge in [-0.3, -0.25) is 19.4 Å². The van der Waals surface area contributed by atoms with Crippen molar-refractivity contribution in [3.05, 3.63) is 0 Å². The number of ether oxygens (including phenoxy) is 1. The van der Waals surface area contributed by atoms with E-state index in [1.807, 2.05) is 0 Å². The van der Waals surface area contributed by atoms with Crippen LogP contribution in [0, 0.1) is 0 Å². The van der Waals surface area contributed by atoms with Gasteiger partial charge in [0.05, 0.1) is 6.42 Å². The SMILES string of the molecule is CC(=O)OC(CCCCN=C(N)N)CC(=O)N[C@@H](C)C(=O)NCCCCNCCCN. The topological polar surface area (TPSA) is 187 Å². The molecule has 0 aromatic rings. The van der Waals surface area contributed by atoms with E-state index in [0.717, 1.165) is 32.4 Å². The predicted molar refractivity (Wildman–Crippen MR) is 121 cm³/mol. The molecular formula is C20H41N7O4. The Balaban J connectivity index is 4.15. The first-order chi connectivity index (χ1) is 14.8. The number of hydrogen-bond acceptors (Lipinski definition) is 7. The van der Waals surface area contributed by atoms with E-state index < -0.39 is 18.1 Å². The number of rotatable bonds is 18. The van der Waals surface area contributed by atoms with Crippen LogP contribution in [0.25, 0.3) is 0 Å². The van der Waals surface area contributed by atoms with E-state index in [2.05, 4.69) is 20.9 Å². The molecule has 0 aliphatic heterocycles. The zero-order valence-electron chi connectivity index (χ0n) is 19.0. The number of esters is 1. The van der Waals surface area contributed by atoms with Crippen molar-refractivity contribution < 1.29 is 19.1 Å². The number of unbranched alkanes of at least 4 members (excludes halogenated alkanes) is 2. The van der Waals surface area contributed by atoms with Crippen molar-refractivity contribution in [2.75, 3.05) is 32.7 Å². The second-order valence-corrected chi connectivity index (χ2v) is 7.42. The standard InChI is InChI=1S/C20H41N7O4/c1-15(19(30)25-12-6-5-10-24-11-7-9-21)27-18(29)14-17(31-16(2)28)8-3-4-13-26-20(22)23/h15,17,24H,3-14,21H2,1-2H3,(H,25,30)(H,27,29)(H4,22,23,26)/t15-,17?/m0/s1. The fraction of sp³-hybridized carbons (Fsp3) is 0.800. The van der Waals surface area contributed by atoms with E-state index in [1.165, 1.54) is 6.92 Å². The van der Waals surface area contributed by atoms with Crippen molar-refractivity contribution >= 4 is 23.7 Å². The Morgan fingerprint density at radius 3 is 2.32 bits per heavy atom. The Labute approximate surface area is 185 Å². The Morgan fingerprint density at radius 2 is 1.68 bits per heavy atom. The van der Waals surface area contributed by atoms with E-state index in [0.29, 0.717) is 38.9 Å². The van der Waals surface area contributed by atoms with Gasteiger partial charge in [-0.1, -0.05) is 0 Å². The average molecular weight is 444 g/mol. The van der Waals surface area contributed by atoms with Crippen molar-refractivity contribution in [2.45, 2.75) is 70.9 Å². The summed E-state index contributed by atoms with van der Waals surface area (Å²) in [5.74, 6) is -1.01. The molecule has 0 saturated heterocycles. The van der Waals surface area contributed by atoms with Crippen molar-refractivity contribution in [2.24, 2.45) is 22.2 Å². The largest absolute Gasteiger partial charge is 0.462 e. The lowest BCUT2D eigenvalue weighted by atomic mass is 10.1. The van der Waals surface area contributed by atoms with Crippen LogP contribution in [0.15, 0.2) is 4.99 Å². The molecule has 11 heteroatoms. The quantitative estimate of drug-likeness (QED) is 0.0679. The molecule has 0 aromatic carbocycles. The van der Waals surface area contributed by atoms with Crippen molar-refractivity contribution in [1.29, 1.82) is 0 Å². The molecule has 2 amide bonds. The van der Waals surface area contributed by atoms with Gasteiger partial charge in [0.15, 0.2) is 5.96 Å². The molecule has 0 rings (SSSR count). The number of aliphatic imine (C=N–C) groups is 1. The Kier molecular flexibility index (Phi) is 17.0.